The molecule has 0 spiro atoms. The van der Waals surface area contributed by atoms with E-state index in [0.717, 1.165) is 57.5 Å². The molecule has 134 valence electrons. The Hall–Kier alpha value is -2.21. The van der Waals surface area contributed by atoms with Crippen LogP contribution in [-0.2, 0) is 11.2 Å². The van der Waals surface area contributed by atoms with E-state index in [1.54, 1.807) is 0 Å². The van der Waals surface area contributed by atoms with Crippen molar-refractivity contribution in [3.8, 4) is 11.4 Å². The minimum Gasteiger partial charge on any atom is -0.341 e. The second-order valence-electron chi connectivity index (χ2n) is 6.41. The number of carbonyl (C=O) groups is 1. The van der Waals surface area contributed by atoms with E-state index in [2.05, 4.69) is 15.0 Å². The Morgan fingerprint density at radius 1 is 1.16 bits per heavy atom. The summed E-state index contributed by atoms with van der Waals surface area (Å²) in [5, 5.41) is 4.06. The molecular weight excluding hydrogens is 316 g/mol. The molecule has 0 unspecified atom stereocenters. The molecule has 0 radical (unpaired) electrons. The highest BCUT2D eigenvalue weighted by Gasteiger charge is 2.17. The lowest BCUT2D eigenvalue weighted by Crippen LogP contribution is -2.35. The summed E-state index contributed by atoms with van der Waals surface area (Å²) in [5.41, 5.74) is 0.978. The van der Waals surface area contributed by atoms with E-state index in [9.17, 15) is 4.79 Å². The number of carbonyl (C=O) groups excluding carboxylic acids is 1. The first kappa shape index (κ1) is 17.6. The molecule has 1 aromatic heterocycles. The fourth-order valence-electron chi connectivity index (χ4n) is 3.18. The summed E-state index contributed by atoms with van der Waals surface area (Å²) in [6, 6.07) is 9.87. The Bertz CT molecular complexity index is 671. The summed E-state index contributed by atoms with van der Waals surface area (Å²) in [5.74, 6) is 1.61. The molecule has 0 bridgehead atoms. The van der Waals surface area contributed by atoms with Crippen molar-refractivity contribution in [2.75, 3.05) is 32.7 Å². The SMILES string of the molecule is CCC(=O)N1CCCN(CCCc2nc(-c3ccccc3)no2)CC1. The summed E-state index contributed by atoms with van der Waals surface area (Å²) >= 11 is 0. The van der Waals surface area contributed by atoms with Gasteiger partial charge in [-0.25, -0.2) is 0 Å². The molecule has 1 amide bonds. The summed E-state index contributed by atoms with van der Waals surface area (Å²) in [6.07, 6.45) is 3.41. The predicted molar refractivity (Wildman–Crippen MR) is 96.0 cm³/mol. The Balaban J connectivity index is 1.44. The molecule has 1 fully saturated rings. The van der Waals surface area contributed by atoms with Crippen molar-refractivity contribution in [1.29, 1.82) is 0 Å². The van der Waals surface area contributed by atoms with Crippen LogP contribution in [0.25, 0.3) is 11.4 Å². The quantitative estimate of drug-likeness (QED) is 0.807. The van der Waals surface area contributed by atoms with Gasteiger partial charge < -0.3 is 14.3 Å². The van der Waals surface area contributed by atoms with Crippen molar-refractivity contribution < 1.29 is 9.32 Å². The van der Waals surface area contributed by atoms with Gasteiger partial charge in [-0.15, -0.1) is 0 Å². The van der Waals surface area contributed by atoms with E-state index in [1.807, 2.05) is 42.2 Å². The van der Waals surface area contributed by atoms with Crippen molar-refractivity contribution in [2.45, 2.75) is 32.6 Å². The van der Waals surface area contributed by atoms with Crippen LogP contribution in [0.1, 0.15) is 32.1 Å². The van der Waals surface area contributed by atoms with Crippen LogP contribution in [0.15, 0.2) is 34.9 Å². The third-order valence-electron chi connectivity index (χ3n) is 4.61. The van der Waals surface area contributed by atoms with Gasteiger partial charge in [-0.2, -0.15) is 4.98 Å². The maximum atomic E-state index is 11.8. The maximum absolute atomic E-state index is 11.8. The third kappa shape index (κ3) is 4.89. The molecule has 0 aliphatic carbocycles. The van der Waals surface area contributed by atoms with E-state index < -0.39 is 0 Å². The second kappa shape index (κ2) is 8.76. The number of rotatable bonds is 6. The summed E-state index contributed by atoms with van der Waals surface area (Å²) < 4.78 is 5.36. The van der Waals surface area contributed by atoms with E-state index in [4.69, 9.17) is 4.52 Å². The Labute approximate surface area is 148 Å². The van der Waals surface area contributed by atoms with Gasteiger partial charge in [-0.3, -0.25) is 4.79 Å². The van der Waals surface area contributed by atoms with Crippen LogP contribution in [-0.4, -0.2) is 58.6 Å². The van der Waals surface area contributed by atoms with Crippen LogP contribution in [0.2, 0.25) is 0 Å². The predicted octanol–water partition coefficient (Wildman–Crippen LogP) is 2.61. The number of aromatic nitrogens is 2. The summed E-state index contributed by atoms with van der Waals surface area (Å²) in [7, 11) is 0. The monoisotopic (exact) mass is 342 g/mol. The van der Waals surface area contributed by atoms with Gasteiger partial charge in [0.15, 0.2) is 0 Å². The van der Waals surface area contributed by atoms with E-state index >= 15 is 0 Å². The van der Waals surface area contributed by atoms with E-state index in [0.29, 0.717) is 18.1 Å². The number of nitrogens with zero attached hydrogens (tertiary/aromatic N) is 4. The lowest BCUT2D eigenvalue weighted by Gasteiger charge is -2.21. The molecule has 2 aromatic rings. The first-order chi connectivity index (χ1) is 12.3. The molecule has 6 nitrogen and oxygen atoms in total. The molecule has 6 heteroatoms. The van der Waals surface area contributed by atoms with Gasteiger partial charge in [0, 0.05) is 38.0 Å². The van der Waals surface area contributed by atoms with Gasteiger partial charge in [0.05, 0.1) is 0 Å². The fourth-order valence-corrected chi connectivity index (χ4v) is 3.18. The third-order valence-corrected chi connectivity index (χ3v) is 4.61. The number of benzene rings is 1. The largest absolute Gasteiger partial charge is 0.341 e. The number of amides is 1. The molecule has 1 aliphatic heterocycles. The van der Waals surface area contributed by atoms with Crippen LogP contribution in [0.4, 0.5) is 0 Å². The lowest BCUT2D eigenvalue weighted by atomic mass is 10.2. The van der Waals surface area contributed by atoms with Crippen LogP contribution in [0, 0.1) is 0 Å². The molecule has 0 saturated carbocycles. The smallest absolute Gasteiger partial charge is 0.227 e. The van der Waals surface area contributed by atoms with Crippen LogP contribution in [0.3, 0.4) is 0 Å². The molecule has 2 heterocycles. The summed E-state index contributed by atoms with van der Waals surface area (Å²) in [6.45, 7) is 6.65. The first-order valence-electron chi connectivity index (χ1n) is 9.14. The Kier molecular flexibility index (Phi) is 6.17. The Morgan fingerprint density at radius 2 is 2.00 bits per heavy atom. The standard InChI is InChI=1S/C19H26N4O2/c1-2-18(24)23-13-7-12-22(14-15-23)11-6-10-17-20-19(21-25-17)16-8-4-3-5-9-16/h3-5,8-9H,2,6-7,10-15H2,1H3. The zero-order chi connectivity index (χ0) is 17.5. The van der Waals surface area contributed by atoms with Crippen molar-refractivity contribution in [1.82, 2.24) is 19.9 Å². The van der Waals surface area contributed by atoms with Gasteiger partial charge in [0.1, 0.15) is 0 Å². The average Bonchev–Trinajstić information content (AvgIpc) is 3.00. The average molecular weight is 342 g/mol. The van der Waals surface area contributed by atoms with Crippen molar-refractivity contribution >= 4 is 5.91 Å². The van der Waals surface area contributed by atoms with Gasteiger partial charge in [-0.05, 0) is 25.9 Å². The molecule has 1 aliphatic rings. The second-order valence-corrected chi connectivity index (χ2v) is 6.41. The first-order valence-corrected chi connectivity index (χ1v) is 9.14. The molecule has 25 heavy (non-hydrogen) atoms. The molecule has 0 N–H and O–H groups in total. The van der Waals surface area contributed by atoms with Gasteiger partial charge in [0.2, 0.25) is 17.6 Å². The molecular formula is C19H26N4O2. The fraction of sp³-hybridized carbons (Fsp3) is 0.526. The van der Waals surface area contributed by atoms with Crippen LogP contribution < -0.4 is 0 Å². The highest BCUT2D eigenvalue weighted by molar-refractivity contribution is 5.75. The van der Waals surface area contributed by atoms with Crippen LogP contribution in [0.5, 0.6) is 0 Å². The Morgan fingerprint density at radius 3 is 2.80 bits per heavy atom. The van der Waals surface area contributed by atoms with E-state index in [-0.39, 0.29) is 5.91 Å². The van der Waals surface area contributed by atoms with E-state index in [1.165, 1.54) is 0 Å². The minimum absolute atomic E-state index is 0.265. The van der Waals surface area contributed by atoms with Crippen molar-refractivity contribution in [2.24, 2.45) is 0 Å². The summed E-state index contributed by atoms with van der Waals surface area (Å²) in [4.78, 5) is 20.7. The highest BCUT2D eigenvalue weighted by Crippen LogP contribution is 2.15. The normalized spacial score (nSPS) is 16.0. The molecule has 0 atom stereocenters. The minimum atomic E-state index is 0.265. The molecule has 1 aromatic carbocycles. The maximum Gasteiger partial charge on any atom is 0.227 e. The van der Waals surface area contributed by atoms with Gasteiger partial charge in [0.25, 0.3) is 0 Å². The van der Waals surface area contributed by atoms with Gasteiger partial charge >= 0.3 is 0 Å². The highest BCUT2D eigenvalue weighted by atomic mass is 16.5. The van der Waals surface area contributed by atoms with Crippen molar-refractivity contribution in [3.63, 3.8) is 0 Å². The number of aryl methyl sites for hydroxylation is 1. The van der Waals surface area contributed by atoms with Crippen LogP contribution >= 0.6 is 0 Å². The lowest BCUT2D eigenvalue weighted by molar-refractivity contribution is -0.130. The molecule has 3 rings (SSSR count). The number of hydrogen-bond donors (Lipinski definition) is 0. The zero-order valence-electron chi connectivity index (χ0n) is 14.9. The van der Waals surface area contributed by atoms with Crippen molar-refractivity contribution in [3.05, 3.63) is 36.2 Å². The topological polar surface area (TPSA) is 62.5 Å². The molecule has 1 saturated heterocycles. The van der Waals surface area contributed by atoms with Gasteiger partial charge in [-0.1, -0.05) is 42.4 Å². The number of hydrogen-bond acceptors (Lipinski definition) is 5. The zero-order valence-corrected chi connectivity index (χ0v) is 14.9.